The van der Waals surface area contributed by atoms with Crippen LogP contribution in [-0.4, -0.2) is 25.3 Å². The van der Waals surface area contributed by atoms with Crippen LogP contribution in [0.4, 0.5) is 0 Å². The van der Waals surface area contributed by atoms with Crippen molar-refractivity contribution in [3.63, 3.8) is 0 Å². The summed E-state index contributed by atoms with van der Waals surface area (Å²) in [5.74, 6) is 0. The normalized spacial score (nSPS) is 22.5. The molecule has 0 radical (unpaired) electrons. The molecule has 2 unspecified atom stereocenters. The Labute approximate surface area is 101 Å². The summed E-state index contributed by atoms with van der Waals surface area (Å²) in [7, 11) is 0. The van der Waals surface area contributed by atoms with Crippen LogP contribution in [-0.2, 0) is 4.74 Å². The van der Waals surface area contributed by atoms with Gasteiger partial charge in [0.1, 0.15) is 0 Å². The summed E-state index contributed by atoms with van der Waals surface area (Å²) in [4.78, 5) is 0. The minimum absolute atomic E-state index is 0.563. The molecule has 0 aliphatic carbocycles. The van der Waals surface area contributed by atoms with E-state index in [-0.39, 0.29) is 0 Å². The van der Waals surface area contributed by atoms with Gasteiger partial charge in [-0.2, -0.15) is 0 Å². The molecule has 0 spiro atoms. The Morgan fingerprint density at radius 3 is 2.75 bits per heavy atom. The molecule has 0 aromatic carbocycles. The first-order valence-corrected chi connectivity index (χ1v) is 7.21. The number of rotatable bonds is 9. The van der Waals surface area contributed by atoms with Gasteiger partial charge in [0, 0.05) is 12.6 Å². The van der Waals surface area contributed by atoms with Gasteiger partial charge in [0.05, 0.1) is 6.10 Å². The van der Waals surface area contributed by atoms with Crippen LogP contribution in [0.3, 0.4) is 0 Å². The molecule has 1 N–H and O–H groups in total. The third-order valence-electron chi connectivity index (χ3n) is 3.45. The Morgan fingerprint density at radius 1 is 1.25 bits per heavy atom. The lowest BCUT2D eigenvalue weighted by atomic mass is 10.0. The topological polar surface area (TPSA) is 21.3 Å². The van der Waals surface area contributed by atoms with Crippen LogP contribution in [0, 0.1) is 0 Å². The van der Waals surface area contributed by atoms with Crippen LogP contribution >= 0.6 is 0 Å². The number of ether oxygens (including phenoxy) is 1. The summed E-state index contributed by atoms with van der Waals surface area (Å²) in [6.07, 6.45) is 10.9. The van der Waals surface area contributed by atoms with E-state index in [4.69, 9.17) is 4.74 Å². The van der Waals surface area contributed by atoms with Crippen LogP contribution in [0.1, 0.15) is 65.2 Å². The molecule has 2 nitrogen and oxygen atoms in total. The van der Waals surface area contributed by atoms with Crippen molar-refractivity contribution in [2.24, 2.45) is 0 Å². The maximum atomic E-state index is 5.68. The molecule has 1 rings (SSSR count). The third-order valence-corrected chi connectivity index (χ3v) is 3.45. The Morgan fingerprint density at radius 2 is 2.12 bits per heavy atom. The van der Waals surface area contributed by atoms with Gasteiger partial charge in [-0.05, 0) is 45.1 Å². The van der Waals surface area contributed by atoms with Gasteiger partial charge in [-0.15, -0.1) is 0 Å². The van der Waals surface area contributed by atoms with E-state index in [1.807, 2.05) is 0 Å². The fourth-order valence-corrected chi connectivity index (χ4v) is 2.41. The van der Waals surface area contributed by atoms with E-state index in [2.05, 4.69) is 19.2 Å². The molecular formula is C14H29NO. The zero-order valence-electron chi connectivity index (χ0n) is 11.1. The lowest BCUT2D eigenvalue weighted by Gasteiger charge is -2.20. The standard InChI is InChI=1S/C14H29NO/c1-3-5-7-13(15-11-4-2)9-10-14-8-6-12-16-14/h13-15H,3-12H2,1-2H3. The van der Waals surface area contributed by atoms with E-state index in [1.165, 1.54) is 57.9 Å². The first-order chi connectivity index (χ1) is 7.86. The minimum Gasteiger partial charge on any atom is -0.378 e. The average molecular weight is 227 g/mol. The third kappa shape index (κ3) is 5.86. The van der Waals surface area contributed by atoms with Crippen molar-refractivity contribution in [3.8, 4) is 0 Å². The molecule has 1 aliphatic rings. The van der Waals surface area contributed by atoms with Crippen molar-refractivity contribution in [1.29, 1.82) is 0 Å². The Kier molecular flexibility index (Phi) is 7.87. The molecule has 0 bridgehead atoms. The number of unbranched alkanes of at least 4 members (excludes halogenated alkanes) is 1. The molecule has 2 atom stereocenters. The zero-order valence-corrected chi connectivity index (χ0v) is 11.1. The predicted octanol–water partition coefficient (Wildman–Crippen LogP) is 3.50. The van der Waals surface area contributed by atoms with E-state index in [0.717, 1.165) is 12.6 Å². The SMILES string of the molecule is CCCCC(CCC1CCCO1)NCCC. The van der Waals surface area contributed by atoms with Crippen molar-refractivity contribution in [3.05, 3.63) is 0 Å². The smallest absolute Gasteiger partial charge is 0.0576 e. The van der Waals surface area contributed by atoms with E-state index < -0.39 is 0 Å². The van der Waals surface area contributed by atoms with Crippen molar-refractivity contribution in [2.75, 3.05) is 13.2 Å². The summed E-state index contributed by atoms with van der Waals surface area (Å²) in [6, 6.07) is 0.726. The van der Waals surface area contributed by atoms with Gasteiger partial charge < -0.3 is 10.1 Å². The van der Waals surface area contributed by atoms with E-state index in [1.54, 1.807) is 0 Å². The molecule has 1 aliphatic heterocycles. The fourth-order valence-electron chi connectivity index (χ4n) is 2.41. The molecule has 1 heterocycles. The highest BCUT2D eigenvalue weighted by molar-refractivity contribution is 4.72. The van der Waals surface area contributed by atoms with E-state index in [0.29, 0.717) is 6.10 Å². The Bertz CT molecular complexity index is 147. The highest BCUT2D eigenvalue weighted by Crippen LogP contribution is 2.19. The van der Waals surface area contributed by atoms with Gasteiger partial charge >= 0.3 is 0 Å². The second kappa shape index (κ2) is 9.00. The maximum absolute atomic E-state index is 5.68. The fraction of sp³-hybridized carbons (Fsp3) is 1.00. The van der Waals surface area contributed by atoms with Gasteiger partial charge in [0.15, 0.2) is 0 Å². The van der Waals surface area contributed by atoms with Crippen molar-refractivity contribution >= 4 is 0 Å². The predicted molar refractivity (Wildman–Crippen MR) is 69.8 cm³/mol. The maximum Gasteiger partial charge on any atom is 0.0576 e. The number of hydrogen-bond donors (Lipinski definition) is 1. The molecule has 0 aromatic heterocycles. The molecule has 16 heavy (non-hydrogen) atoms. The second-order valence-corrected chi connectivity index (χ2v) is 5.01. The molecule has 96 valence electrons. The summed E-state index contributed by atoms with van der Waals surface area (Å²) in [6.45, 7) is 6.67. The van der Waals surface area contributed by atoms with Crippen molar-refractivity contribution in [1.82, 2.24) is 5.32 Å². The van der Waals surface area contributed by atoms with Crippen LogP contribution in [0.25, 0.3) is 0 Å². The first kappa shape index (κ1) is 14.0. The molecule has 0 amide bonds. The molecule has 0 aromatic rings. The van der Waals surface area contributed by atoms with Crippen LogP contribution in [0.2, 0.25) is 0 Å². The van der Waals surface area contributed by atoms with Crippen molar-refractivity contribution in [2.45, 2.75) is 77.4 Å². The Hall–Kier alpha value is -0.0800. The van der Waals surface area contributed by atoms with E-state index in [9.17, 15) is 0 Å². The van der Waals surface area contributed by atoms with Gasteiger partial charge in [0.2, 0.25) is 0 Å². The largest absolute Gasteiger partial charge is 0.378 e. The van der Waals surface area contributed by atoms with Gasteiger partial charge in [-0.25, -0.2) is 0 Å². The first-order valence-electron chi connectivity index (χ1n) is 7.21. The monoisotopic (exact) mass is 227 g/mol. The molecule has 1 fully saturated rings. The van der Waals surface area contributed by atoms with Crippen LogP contribution < -0.4 is 5.32 Å². The van der Waals surface area contributed by atoms with Gasteiger partial charge in [0.25, 0.3) is 0 Å². The minimum atomic E-state index is 0.563. The zero-order chi connectivity index (χ0) is 11.6. The number of hydrogen-bond acceptors (Lipinski definition) is 2. The summed E-state index contributed by atoms with van der Waals surface area (Å²) in [5, 5.41) is 3.67. The van der Waals surface area contributed by atoms with Gasteiger partial charge in [-0.1, -0.05) is 26.7 Å². The summed E-state index contributed by atoms with van der Waals surface area (Å²) in [5.41, 5.74) is 0. The van der Waals surface area contributed by atoms with Crippen LogP contribution in [0.15, 0.2) is 0 Å². The highest BCUT2D eigenvalue weighted by atomic mass is 16.5. The highest BCUT2D eigenvalue weighted by Gasteiger charge is 2.17. The molecule has 1 saturated heterocycles. The quantitative estimate of drug-likeness (QED) is 0.651. The Balaban J connectivity index is 2.13. The molecular weight excluding hydrogens is 198 g/mol. The van der Waals surface area contributed by atoms with Crippen molar-refractivity contribution < 1.29 is 4.74 Å². The number of nitrogens with one attached hydrogen (secondary N) is 1. The summed E-state index contributed by atoms with van der Waals surface area (Å²) < 4.78 is 5.68. The van der Waals surface area contributed by atoms with Gasteiger partial charge in [-0.3, -0.25) is 0 Å². The molecule has 2 heteroatoms. The van der Waals surface area contributed by atoms with E-state index >= 15 is 0 Å². The van der Waals surface area contributed by atoms with Crippen LogP contribution in [0.5, 0.6) is 0 Å². The summed E-state index contributed by atoms with van der Waals surface area (Å²) >= 11 is 0. The lowest BCUT2D eigenvalue weighted by Crippen LogP contribution is -2.30. The molecule has 0 saturated carbocycles. The average Bonchev–Trinajstić information content (AvgIpc) is 2.81. The second-order valence-electron chi connectivity index (χ2n) is 5.01. The lowest BCUT2D eigenvalue weighted by molar-refractivity contribution is 0.0992.